The molecule has 5 amide bonds. The molecule has 11 heteroatoms. The van der Waals surface area contributed by atoms with Gasteiger partial charge in [0.25, 0.3) is 0 Å². The third kappa shape index (κ3) is 12.8. The molecule has 0 unspecified atom stereocenters. The van der Waals surface area contributed by atoms with Gasteiger partial charge >= 0.3 is 0 Å². The highest BCUT2D eigenvalue weighted by molar-refractivity contribution is 5.95. The van der Waals surface area contributed by atoms with Gasteiger partial charge in [-0.05, 0) is 43.0 Å². The van der Waals surface area contributed by atoms with Crippen molar-refractivity contribution in [1.82, 2.24) is 21.3 Å². The Kier molecular flexibility index (Phi) is 13.9. The first-order valence-corrected chi connectivity index (χ1v) is 14.8. The summed E-state index contributed by atoms with van der Waals surface area (Å²) in [4.78, 5) is 74.4. The Morgan fingerprint density at radius 1 is 0.667 bits per heavy atom. The van der Waals surface area contributed by atoms with Gasteiger partial charge in [0, 0.05) is 24.9 Å². The number of carbonyl (C=O) groups is 6. The van der Waals surface area contributed by atoms with E-state index in [-0.39, 0.29) is 38.1 Å². The summed E-state index contributed by atoms with van der Waals surface area (Å²) >= 11 is 0. The fourth-order valence-corrected chi connectivity index (χ4v) is 4.44. The summed E-state index contributed by atoms with van der Waals surface area (Å²) in [5, 5.41) is 13.0. The lowest BCUT2D eigenvalue weighted by Gasteiger charge is -2.20. The topological polar surface area (TPSA) is 163 Å². The summed E-state index contributed by atoms with van der Waals surface area (Å²) in [6, 6.07) is 23.8. The van der Waals surface area contributed by atoms with E-state index in [0.29, 0.717) is 18.4 Å². The molecule has 0 aliphatic heterocycles. The quantitative estimate of drug-likeness (QED) is 0.146. The van der Waals surface area contributed by atoms with Gasteiger partial charge in [-0.25, -0.2) is 0 Å². The van der Waals surface area contributed by atoms with Crippen molar-refractivity contribution in [3.63, 3.8) is 0 Å². The fourth-order valence-electron chi connectivity index (χ4n) is 4.44. The summed E-state index contributed by atoms with van der Waals surface area (Å²) in [7, 11) is 0. The lowest BCUT2D eigenvalue weighted by Crippen LogP contribution is -2.53. The minimum Gasteiger partial charge on any atom is -0.348 e. The minimum atomic E-state index is -0.976. The average molecular weight is 614 g/mol. The summed E-state index contributed by atoms with van der Waals surface area (Å²) in [5.74, 6) is -2.56. The maximum absolute atomic E-state index is 13.2. The molecule has 2 atom stereocenters. The molecule has 236 valence electrons. The van der Waals surface area contributed by atoms with Crippen LogP contribution < -0.4 is 26.6 Å². The van der Waals surface area contributed by atoms with Gasteiger partial charge < -0.3 is 31.4 Å². The van der Waals surface area contributed by atoms with Crippen LogP contribution in [0.3, 0.4) is 0 Å². The van der Waals surface area contributed by atoms with E-state index in [1.165, 1.54) is 0 Å². The van der Waals surface area contributed by atoms with Gasteiger partial charge in [-0.3, -0.25) is 24.0 Å². The second-order valence-electron chi connectivity index (χ2n) is 10.5. The third-order valence-corrected chi connectivity index (χ3v) is 6.85. The predicted octanol–water partition coefficient (Wildman–Crippen LogP) is 1.99. The van der Waals surface area contributed by atoms with Gasteiger partial charge in [-0.15, -0.1) is 0 Å². The summed E-state index contributed by atoms with van der Waals surface area (Å²) < 4.78 is 0. The number of hydrogen-bond donors (Lipinski definition) is 5. The van der Waals surface area contributed by atoms with Crippen molar-refractivity contribution in [3.8, 4) is 0 Å². The zero-order valence-corrected chi connectivity index (χ0v) is 25.2. The lowest BCUT2D eigenvalue weighted by atomic mass is 10.0. The highest BCUT2D eigenvalue weighted by atomic mass is 16.2. The standard InChI is InChI=1S/C34H39N5O6/c1-24-12-15-27(16-13-24)37-30(41)18-19-31(42)38-28(17-14-25-8-4-2-5-9-25)33(44)36-23-32(43)39-29(34(45)35-20-21-40)22-26-10-6-3-7-11-26/h2-13,15-16,21,28-29H,14,17-20,22-23H2,1H3,(H,35,45)(H,36,44)(H,37,41)(H,38,42)(H,39,43)/t28-,29-/m1/s1. The monoisotopic (exact) mass is 613 g/mol. The van der Waals surface area contributed by atoms with E-state index in [1.54, 1.807) is 36.4 Å². The Hall–Kier alpha value is -5.32. The minimum absolute atomic E-state index is 0.0793. The summed E-state index contributed by atoms with van der Waals surface area (Å²) in [6.45, 7) is 1.29. The van der Waals surface area contributed by atoms with Crippen molar-refractivity contribution >= 4 is 41.5 Å². The predicted molar refractivity (Wildman–Crippen MR) is 170 cm³/mol. The number of anilines is 1. The Labute approximate surface area is 262 Å². The number of benzene rings is 3. The lowest BCUT2D eigenvalue weighted by molar-refractivity contribution is -0.132. The van der Waals surface area contributed by atoms with Gasteiger partial charge in [-0.2, -0.15) is 0 Å². The fraction of sp³-hybridized carbons (Fsp3) is 0.294. The SMILES string of the molecule is Cc1ccc(NC(=O)CCC(=O)N[C@H](CCc2ccccc2)C(=O)NCC(=O)N[C@H](Cc2ccccc2)C(=O)NCC=O)cc1. The molecule has 0 aromatic heterocycles. The molecule has 5 N–H and O–H groups in total. The molecule has 45 heavy (non-hydrogen) atoms. The molecule has 0 bridgehead atoms. The van der Waals surface area contributed by atoms with Crippen LogP contribution in [0.25, 0.3) is 0 Å². The Morgan fingerprint density at radius 3 is 1.89 bits per heavy atom. The van der Waals surface area contributed by atoms with Gasteiger partial charge in [0.15, 0.2) is 0 Å². The number of amides is 5. The second-order valence-corrected chi connectivity index (χ2v) is 10.5. The highest BCUT2D eigenvalue weighted by Crippen LogP contribution is 2.10. The molecule has 3 aromatic carbocycles. The zero-order valence-electron chi connectivity index (χ0n) is 25.2. The van der Waals surface area contributed by atoms with Gasteiger partial charge in [0.2, 0.25) is 29.5 Å². The van der Waals surface area contributed by atoms with Crippen LogP contribution in [0.1, 0.15) is 36.0 Å². The Balaban J connectivity index is 1.57. The van der Waals surface area contributed by atoms with E-state index in [4.69, 9.17) is 0 Å². The second kappa shape index (κ2) is 18.4. The van der Waals surface area contributed by atoms with E-state index >= 15 is 0 Å². The first-order valence-electron chi connectivity index (χ1n) is 14.8. The van der Waals surface area contributed by atoms with Gasteiger partial charge in [0.1, 0.15) is 18.4 Å². The van der Waals surface area contributed by atoms with E-state index in [2.05, 4.69) is 26.6 Å². The third-order valence-electron chi connectivity index (χ3n) is 6.85. The van der Waals surface area contributed by atoms with E-state index in [1.807, 2.05) is 55.5 Å². The van der Waals surface area contributed by atoms with Crippen LogP contribution in [0.5, 0.6) is 0 Å². The van der Waals surface area contributed by atoms with E-state index in [0.717, 1.165) is 16.7 Å². The van der Waals surface area contributed by atoms with Crippen LogP contribution in [0.15, 0.2) is 84.9 Å². The van der Waals surface area contributed by atoms with Crippen LogP contribution in [-0.4, -0.2) is 61.0 Å². The van der Waals surface area contributed by atoms with E-state index in [9.17, 15) is 28.8 Å². The number of aryl methyl sites for hydroxylation is 2. The molecule has 0 heterocycles. The van der Waals surface area contributed by atoms with Crippen LogP contribution in [0.4, 0.5) is 5.69 Å². The maximum Gasteiger partial charge on any atom is 0.243 e. The Morgan fingerprint density at radius 2 is 1.24 bits per heavy atom. The van der Waals surface area contributed by atoms with Crippen LogP contribution >= 0.6 is 0 Å². The number of nitrogens with one attached hydrogen (secondary N) is 5. The number of hydrogen-bond acceptors (Lipinski definition) is 6. The van der Waals surface area contributed by atoms with Crippen LogP contribution in [0.2, 0.25) is 0 Å². The number of carbonyl (C=O) groups excluding carboxylic acids is 6. The molecule has 0 saturated heterocycles. The van der Waals surface area contributed by atoms with Gasteiger partial charge in [-0.1, -0.05) is 78.4 Å². The molecule has 11 nitrogen and oxygen atoms in total. The first kappa shape index (κ1) is 34.2. The number of rotatable bonds is 17. The van der Waals surface area contributed by atoms with Crippen molar-refractivity contribution < 1.29 is 28.8 Å². The van der Waals surface area contributed by atoms with E-state index < -0.39 is 42.3 Å². The molecule has 0 saturated carbocycles. The molecular formula is C34H39N5O6. The van der Waals surface area contributed by atoms with Crippen molar-refractivity contribution in [1.29, 1.82) is 0 Å². The summed E-state index contributed by atoms with van der Waals surface area (Å²) in [5.41, 5.74) is 3.43. The summed E-state index contributed by atoms with van der Waals surface area (Å²) in [6.07, 6.45) is 1.24. The zero-order chi connectivity index (χ0) is 32.4. The van der Waals surface area contributed by atoms with Crippen LogP contribution in [-0.2, 0) is 41.6 Å². The average Bonchev–Trinajstić information content (AvgIpc) is 3.05. The van der Waals surface area contributed by atoms with Crippen molar-refractivity contribution in [3.05, 3.63) is 102 Å². The Bertz CT molecular complexity index is 1430. The van der Waals surface area contributed by atoms with Crippen LogP contribution in [0, 0.1) is 6.92 Å². The molecule has 3 aromatic rings. The smallest absolute Gasteiger partial charge is 0.243 e. The largest absolute Gasteiger partial charge is 0.348 e. The van der Waals surface area contributed by atoms with Crippen molar-refractivity contribution in [2.24, 2.45) is 0 Å². The molecule has 0 spiro atoms. The normalized spacial score (nSPS) is 11.8. The van der Waals surface area contributed by atoms with Crippen molar-refractivity contribution in [2.75, 3.05) is 18.4 Å². The van der Waals surface area contributed by atoms with Gasteiger partial charge in [0.05, 0.1) is 13.1 Å². The van der Waals surface area contributed by atoms with Crippen molar-refractivity contribution in [2.45, 2.75) is 51.1 Å². The number of aldehydes is 1. The first-order chi connectivity index (χ1) is 21.7. The molecule has 0 radical (unpaired) electrons. The molecule has 3 rings (SSSR count). The molecular weight excluding hydrogens is 574 g/mol. The maximum atomic E-state index is 13.2. The molecule has 0 fully saturated rings. The molecule has 0 aliphatic rings. The molecule has 0 aliphatic carbocycles. The highest BCUT2D eigenvalue weighted by Gasteiger charge is 2.24.